The molecule has 2 aliphatic rings. The number of ketones is 1. The van der Waals surface area contributed by atoms with E-state index in [0.717, 1.165) is 27.5 Å². The molecule has 0 saturated carbocycles. The topological polar surface area (TPSA) is 104 Å². The molecule has 9 heteroatoms. The van der Waals surface area contributed by atoms with Crippen molar-refractivity contribution in [1.29, 1.82) is 0 Å². The van der Waals surface area contributed by atoms with Crippen LogP contribution in [0.5, 0.6) is 0 Å². The molecule has 2 aliphatic heterocycles. The van der Waals surface area contributed by atoms with Crippen molar-refractivity contribution in [2.45, 2.75) is 25.3 Å². The van der Waals surface area contributed by atoms with Crippen LogP contribution < -0.4 is 9.62 Å². The van der Waals surface area contributed by atoms with Gasteiger partial charge in [0.2, 0.25) is 10.0 Å². The zero-order chi connectivity index (χ0) is 25.0. The Morgan fingerprint density at radius 2 is 1.80 bits per heavy atom. The number of nitrogens with one attached hydrogen (secondary N) is 1. The van der Waals surface area contributed by atoms with Gasteiger partial charge in [-0.2, -0.15) is 0 Å². The van der Waals surface area contributed by atoms with Crippen LogP contribution in [0.15, 0.2) is 60.7 Å². The summed E-state index contributed by atoms with van der Waals surface area (Å²) in [6.07, 6.45) is 2.45. The molecule has 0 bridgehead atoms. The standard InChI is InChI=1S/C26H25N3O5S/c1-26(21-11-5-8-17-7-3-4-10-20(17)21)24(31)28(25(32)27-26)16-23(30)19-12-13-22-18(15-19)9-6-14-29(22)35(2,33)34/h3-5,7-8,10-13,15H,6,9,14,16H2,1-2H3,(H,27,32)/t26-/m1/s1. The molecule has 3 aromatic rings. The lowest BCUT2D eigenvalue weighted by Gasteiger charge is -2.29. The number of carbonyl (C=O) groups is 3. The van der Waals surface area contributed by atoms with Gasteiger partial charge in [0.05, 0.1) is 18.5 Å². The van der Waals surface area contributed by atoms with Gasteiger partial charge < -0.3 is 5.32 Å². The molecular formula is C26H25N3O5S. The summed E-state index contributed by atoms with van der Waals surface area (Å²) in [5.41, 5.74) is 1.01. The van der Waals surface area contributed by atoms with E-state index >= 15 is 0 Å². The van der Waals surface area contributed by atoms with Gasteiger partial charge in [-0.25, -0.2) is 13.2 Å². The Labute approximate surface area is 203 Å². The van der Waals surface area contributed by atoms with Crippen molar-refractivity contribution in [3.63, 3.8) is 0 Å². The summed E-state index contributed by atoms with van der Waals surface area (Å²) in [5, 5.41) is 4.58. The minimum atomic E-state index is -3.42. The Morgan fingerprint density at radius 1 is 1.06 bits per heavy atom. The summed E-state index contributed by atoms with van der Waals surface area (Å²) in [7, 11) is -3.42. The molecule has 1 saturated heterocycles. The predicted octanol–water partition coefficient (Wildman–Crippen LogP) is 3.20. The van der Waals surface area contributed by atoms with Gasteiger partial charge in [0.25, 0.3) is 5.91 Å². The Balaban J connectivity index is 1.42. The molecule has 5 rings (SSSR count). The third-order valence-corrected chi connectivity index (χ3v) is 7.96. The number of amides is 3. The zero-order valence-corrected chi connectivity index (χ0v) is 20.3. The number of benzene rings is 3. The maximum Gasteiger partial charge on any atom is 0.325 e. The summed E-state index contributed by atoms with van der Waals surface area (Å²) in [5.74, 6) is -0.886. The molecule has 1 fully saturated rings. The highest BCUT2D eigenvalue weighted by molar-refractivity contribution is 7.92. The van der Waals surface area contributed by atoms with Gasteiger partial charge in [-0.3, -0.25) is 18.8 Å². The minimum Gasteiger partial charge on any atom is -0.319 e. The Morgan fingerprint density at radius 3 is 2.57 bits per heavy atom. The fourth-order valence-electron chi connectivity index (χ4n) is 5.00. The number of urea groups is 1. The van der Waals surface area contributed by atoms with Gasteiger partial charge in [0, 0.05) is 12.1 Å². The van der Waals surface area contributed by atoms with Crippen LogP contribution in [0.1, 0.15) is 34.8 Å². The second kappa shape index (κ2) is 8.20. The van der Waals surface area contributed by atoms with E-state index in [0.29, 0.717) is 36.2 Å². The number of fused-ring (bicyclic) bond motifs is 2. The largest absolute Gasteiger partial charge is 0.325 e. The van der Waals surface area contributed by atoms with Crippen LogP contribution in [-0.4, -0.2) is 50.4 Å². The van der Waals surface area contributed by atoms with Gasteiger partial charge in [-0.05, 0) is 59.9 Å². The predicted molar refractivity (Wildman–Crippen MR) is 133 cm³/mol. The van der Waals surface area contributed by atoms with Crippen molar-refractivity contribution in [1.82, 2.24) is 10.2 Å². The monoisotopic (exact) mass is 491 g/mol. The highest BCUT2D eigenvalue weighted by Crippen LogP contribution is 2.34. The number of hydrogen-bond acceptors (Lipinski definition) is 5. The molecule has 1 N–H and O–H groups in total. The summed E-state index contributed by atoms with van der Waals surface area (Å²) in [6, 6.07) is 17.4. The summed E-state index contributed by atoms with van der Waals surface area (Å²) < 4.78 is 25.5. The lowest BCUT2D eigenvalue weighted by molar-refractivity contribution is -0.130. The Bertz CT molecular complexity index is 1490. The van der Waals surface area contributed by atoms with Crippen LogP contribution in [0, 0.1) is 0 Å². The van der Waals surface area contributed by atoms with E-state index < -0.39 is 39.8 Å². The highest BCUT2D eigenvalue weighted by atomic mass is 32.2. The quantitative estimate of drug-likeness (QED) is 0.436. The fourth-order valence-corrected chi connectivity index (χ4v) is 6.00. The number of carbonyl (C=O) groups excluding carboxylic acids is 3. The first-order chi connectivity index (χ1) is 16.6. The molecule has 0 radical (unpaired) electrons. The normalized spacial score (nSPS) is 20.2. The Kier molecular flexibility index (Phi) is 5.40. The molecule has 8 nitrogen and oxygen atoms in total. The number of rotatable bonds is 5. The van der Waals surface area contributed by atoms with Crippen molar-refractivity contribution in [3.05, 3.63) is 77.4 Å². The number of imide groups is 1. The first kappa shape index (κ1) is 23.0. The lowest BCUT2D eigenvalue weighted by atomic mass is 9.87. The van der Waals surface area contributed by atoms with Gasteiger partial charge >= 0.3 is 6.03 Å². The number of Topliss-reactive ketones (excluding diaryl/α,β-unsaturated/α-hetero) is 1. The van der Waals surface area contributed by atoms with Crippen LogP contribution in [0.4, 0.5) is 10.5 Å². The third-order valence-electron chi connectivity index (χ3n) is 6.78. The van der Waals surface area contributed by atoms with Gasteiger partial charge in [-0.1, -0.05) is 42.5 Å². The average Bonchev–Trinajstić information content (AvgIpc) is 3.05. The third kappa shape index (κ3) is 3.85. The summed E-state index contributed by atoms with van der Waals surface area (Å²) in [6.45, 7) is 1.64. The van der Waals surface area contributed by atoms with Crippen molar-refractivity contribution < 1.29 is 22.8 Å². The van der Waals surface area contributed by atoms with Gasteiger partial charge in [0.15, 0.2) is 5.78 Å². The van der Waals surface area contributed by atoms with E-state index in [2.05, 4.69) is 5.32 Å². The molecule has 180 valence electrons. The average molecular weight is 492 g/mol. The minimum absolute atomic E-state index is 0.332. The molecule has 0 spiro atoms. The highest BCUT2D eigenvalue weighted by Gasteiger charge is 2.50. The molecule has 0 aliphatic carbocycles. The van der Waals surface area contributed by atoms with E-state index in [9.17, 15) is 22.8 Å². The van der Waals surface area contributed by atoms with Crippen LogP contribution in [0.3, 0.4) is 0 Å². The molecular weight excluding hydrogens is 466 g/mol. The lowest BCUT2D eigenvalue weighted by Crippen LogP contribution is -2.41. The summed E-state index contributed by atoms with van der Waals surface area (Å²) in [4.78, 5) is 40.3. The smallest absolute Gasteiger partial charge is 0.319 e. The van der Waals surface area contributed by atoms with Crippen LogP contribution in [0.2, 0.25) is 0 Å². The zero-order valence-electron chi connectivity index (χ0n) is 19.4. The number of sulfonamides is 1. The molecule has 2 heterocycles. The van der Waals surface area contributed by atoms with Crippen LogP contribution >= 0.6 is 0 Å². The molecule has 35 heavy (non-hydrogen) atoms. The second-order valence-corrected chi connectivity index (χ2v) is 11.1. The number of nitrogens with zero attached hydrogens (tertiary/aromatic N) is 2. The number of anilines is 1. The van der Waals surface area contributed by atoms with Gasteiger partial charge in [0.1, 0.15) is 5.54 Å². The van der Waals surface area contributed by atoms with Crippen molar-refractivity contribution >= 4 is 44.2 Å². The number of hydrogen-bond donors (Lipinski definition) is 1. The molecule has 3 amide bonds. The van der Waals surface area contributed by atoms with E-state index in [1.165, 1.54) is 4.31 Å². The second-order valence-electron chi connectivity index (χ2n) is 9.18. The SMILES string of the molecule is C[C@]1(c2cccc3ccccc23)NC(=O)N(CC(=O)c2ccc3c(c2)CCCN3S(C)(=O)=O)C1=O. The van der Waals surface area contributed by atoms with Crippen molar-refractivity contribution in [2.75, 3.05) is 23.7 Å². The van der Waals surface area contributed by atoms with E-state index in [1.54, 1.807) is 25.1 Å². The Hall–Kier alpha value is -3.72. The fraction of sp³-hybridized carbons (Fsp3) is 0.269. The van der Waals surface area contributed by atoms with Crippen molar-refractivity contribution in [2.24, 2.45) is 0 Å². The maximum absolute atomic E-state index is 13.5. The number of aryl methyl sites for hydroxylation is 1. The first-order valence-corrected chi connectivity index (χ1v) is 13.2. The van der Waals surface area contributed by atoms with E-state index in [4.69, 9.17) is 0 Å². The molecule has 0 unspecified atom stereocenters. The molecule has 0 aromatic heterocycles. The van der Waals surface area contributed by atoms with E-state index in [-0.39, 0.29) is 0 Å². The first-order valence-electron chi connectivity index (χ1n) is 11.4. The molecule has 1 atom stereocenters. The molecule has 3 aromatic carbocycles. The van der Waals surface area contributed by atoms with Crippen LogP contribution in [0.25, 0.3) is 10.8 Å². The van der Waals surface area contributed by atoms with Crippen LogP contribution in [-0.2, 0) is 26.8 Å². The van der Waals surface area contributed by atoms with E-state index in [1.807, 2.05) is 42.5 Å². The summed E-state index contributed by atoms with van der Waals surface area (Å²) >= 11 is 0. The van der Waals surface area contributed by atoms with Crippen molar-refractivity contribution in [3.8, 4) is 0 Å². The van der Waals surface area contributed by atoms with Gasteiger partial charge in [-0.15, -0.1) is 0 Å². The maximum atomic E-state index is 13.5.